The Labute approximate surface area is 148 Å². The lowest BCUT2D eigenvalue weighted by Gasteiger charge is -2.12. The van der Waals surface area contributed by atoms with Gasteiger partial charge in [0.15, 0.2) is 5.96 Å². The molecule has 0 saturated carbocycles. The van der Waals surface area contributed by atoms with Crippen LogP contribution >= 0.6 is 0 Å². The van der Waals surface area contributed by atoms with Crippen LogP contribution in [0.2, 0.25) is 0 Å². The van der Waals surface area contributed by atoms with Crippen molar-refractivity contribution in [3.05, 3.63) is 65.5 Å². The summed E-state index contributed by atoms with van der Waals surface area (Å²) in [6, 6.07) is 11.7. The van der Waals surface area contributed by atoms with Gasteiger partial charge in [-0.25, -0.2) is 4.99 Å². The second-order valence-corrected chi connectivity index (χ2v) is 5.55. The highest BCUT2D eigenvalue weighted by Crippen LogP contribution is 2.07. The minimum atomic E-state index is -0.128. The van der Waals surface area contributed by atoms with Gasteiger partial charge >= 0.3 is 0 Å². The van der Waals surface area contributed by atoms with Crippen molar-refractivity contribution < 1.29 is 4.79 Å². The Balaban J connectivity index is 1.80. The summed E-state index contributed by atoms with van der Waals surface area (Å²) in [6.07, 6.45) is 3.20. The van der Waals surface area contributed by atoms with Gasteiger partial charge in [-0.3, -0.25) is 9.78 Å². The Morgan fingerprint density at radius 3 is 2.60 bits per heavy atom. The van der Waals surface area contributed by atoms with Crippen molar-refractivity contribution in [2.24, 2.45) is 4.99 Å². The van der Waals surface area contributed by atoms with Crippen LogP contribution in [0.25, 0.3) is 0 Å². The number of nitrogens with zero attached hydrogens (tertiary/aromatic N) is 2. The predicted molar refractivity (Wildman–Crippen MR) is 101 cm³/mol. The first-order valence-electron chi connectivity index (χ1n) is 8.45. The van der Waals surface area contributed by atoms with Crippen LogP contribution in [0, 0.1) is 6.92 Å². The minimum absolute atomic E-state index is 0.128. The molecule has 6 nitrogen and oxygen atoms in total. The van der Waals surface area contributed by atoms with E-state index in [4.69, 9.17) is 0 Å². The normalized spacial score (nSPS) is 11.0. The van der Waals surface area contributed by atoms with Gasteiger partial charge in [0.1, 0.15) is 0 Å². The number of aliphatic imine (C=N–C) groups is 1. The van der Waals surface area contributed by atoms with Gasteiger partial charge in [0.25, 0.3) is 5.91 Å². The van der Waals surface area contributed by atoms with E-state index in [0.29, 0.717) is 25.2 Å². The Morgan fingerprint density at radius 1 is 1.08 bits per heavy atom. The number of pyridine rings is 1. The summed E-state index contributed by atoms with van der Waals surface area (Å²) in [6.45, 7) is 6.59. The third kappa shape index (κ3) is 6.25. The number of rotatable bonds is 7. The number of hydrogen-bond acceptors (Lipinski definition) is 3. The summed E-state index contributed by atoms with van der Waals surface area (Å²) in [5.41, 5.74) is 2.98. The number of carbonyl (C=O) groups is 1. The number of amides is 1. The maximum absolute atomic E-state index is 11.9. The molecule has 3 N–H and O–H groups in total. The highest BCUT2D eigenvalue weighted by atomic mass is 16.1. The van der Waals surface area contributed by atoms with E-state index in [1.807, 2.05) is 19.1 Å². The van der Waals surface area contributed by atoms with Crippen LogP contribution in [0.1, 0.15) is 28.4 Å². The molecule has 25 heavy (non-hydrogen) atoms. The van der Waals surface area contributed by atoms with Crippen LogP contribution in [0.3, 0.4) is 0 Å². The summed E-state index contributed by atoms with van der Waals surface area (Å²) in [5.74, 6) is 0.609. The maximum atomic E-state index is 11.9. The van der Waals surface area contributed by atoms with Crippen molar-refractivity contribution in [3.63, 3.8) is 0 Å². The molecule has 0 saturated heterocycles. The quantitative estimate of drug-likeness (QED) is 0.409. The number of aromatic nitrogens is 1. The first kappa shape index (κ1) is 18.4. The van der Waals surface area contributed by atoms with Gasteiger partial charge in [-0.15, -0.1) is 0 Å². The monoisotopic (exact) mass is 339 g/mol. The lowest BCUT2D eigenvalue weighted by Crippen LogP contribution is -2.41. The van der Waals surface area contributed by atoms with Crippen LogP contribution < -0.4 is 16.0 Å². The Morgan fingerprint density at radius 2 is 1.88 bits per heavy atom. The van der Waals surface area contributed by atoms with Gasteiger partial charge in [-0.05, 0) is 37.1 Å². The van der Waals surface area contributed by atoms with Crippen molar-refractivity contribution in [2.45, 2.75) is 20.4 Å². The number of nitrogens with one attached hydrogen (secondary N) is 3. The third-order valence-corrected chi connectivity index (χ3v) is 3.64. The molecule has 1 amide bonds. The molecule has 6 heteroatoms. The molecule has 0 aliphatic heterocycles. The average molecular weight is 339 g/mol. The topological polar surface area (TPSA) is 78.4 Å². The lowest BCUT2D eigenvalue weighted by atomic mass is 10.1. The first-order valence-corrected chi connectivity index (χ1v) is 8.45. The molecule has 2 aromatic rings. The van der Waals surface area contributed by atoms with Crippen LogP contribution in [0.5, 0.6) is 0 Å². The van der Waals surface area contributed by atoms with E-state index in [2.05, 4.69) is 45.0 Å². The standard InChI is InChI=1S/C19H25N5O/c1-3-21-19(24-14-16-8-5-4-7-15(16)2)23-12-11-22-18(25)17-9-6-10-20-13-17/h4-10,13H,3,11-12,14H2,1-2H3,(H,22,25)(H2,21,23,24). The Kier molecular flexibility index (Phi) is 7.43. The summed E-state index contributed by atoms with van der Waals surface area (Å²) in [7, 11) is 0. The first-order chi connectivity index (χ1) is 12.2. The van der Waals surface area contributed by atoms with Gasteiger partial charge in [0.2, 0.25) is 0 Å². The van der Waals surface area contributed by atoms with Gasteiger partial charge in [-0.2, -0.15) is 0 Å². The number of aryl methyl sites for hydroxylation is 1. The van der Waals surface area contributed by atoms with E-state index in [9.17, 15) is 4.79 Å². The number of hydrogen-bond donors (Lipinski definition) is 3. The van der Waals surface area contributed by atoms with E-state index in [0.717, 1.165) is 12.5 Å². The highest BCUT2D eigenvalue weighted by molar-refractivity contribution is 5.93. The summed E-state index contributed by atoms with van der Waals surface area (Å²) < 4.78 is 0. The molecule has 0 spiro atoms. The fourth-order valence-electron chi connectivity index (χ4n) is 2.25. The zero-order valence-corrected chi connectivity index (χ0v) is 14.7. The lowest BCUT2D eigenvalue weighted by molar-refractivity contribution is 0.0954. The zero-order chi connectivity index (χ0) is 17.9. The minimum Gasteiger partial charge on any atom is -0.357 e. The second kappa shape index (κ2) is 10.1. The molecule has 0 atom stereocenters. The van der Waals surface area contributed by atoms with Gasteiger partial charge < -0.3 is 16.0 Å². The molecular weight excluding hydrogens is 314 g/mol. The molecule has 0 aliphatic carbocycles. The molecule has 2 rings (SSSR count). The maximum Gasteiger partial charge on any atom is 0.252 e. The van der Waals surface area contributed by atoms with Crippen LogP contribution in [0.4, 0.5) is 0 Å². The Bertz CT molecular complexity index is 700. The van der Waals surface area contributed by atoms with Crippen LogP contribution in [-0.2, 0) is 6.54 Å². The van der Waals surface area contributed by atoms with Crippen LogP contribution in [-0.4, -0.2) is 36.5 Å². The van der Waals surface area contributed by atoms with Crippen molar-refractivity contribution in [1.29, 1.82) is 0 Å². The second-order valence-electron chi connectivity index (χ2n) is 5.55. The van der Waals surface area contributed by atoms with Crippen molar-refractivity contribution in [3.8, 4) is 0 Å². The summed E-state index contributed by atoms with van der Waals surface area (Å²) in [4.78, 5) is 20.5. The van der Waals surface area contributed by atoms with E-state index in [-0.39, 0.29) is 5.91 Å². The molecular formula is C19H25N5O. The molecule has 1 aromatic heterocycles. The van der Waals surface area contributed by atoms with Crippen molar-refractivity contribution >= 4 is 11.9 Å². The fourth-order valence-corrected chi connectivity index (χ4v) is 2.25. The largest absolute Gasteiger partial charge is 0.357 e. The molecule has 0 unspecified atom stereocenters. The van der Waals surface area contributed by atoms with E-state index in [1.165, 1.54) is 11.1 Å². The third-order valence-electron chi connectivity index (χ3n) is 3.64. The van der Waals surface area contributed by atoms with Gasteiger partial charge in [-0.1, -0.05) is 24.3 Å². The molecule has 0 aliphatic rings. The number of guanidine groups is 1. The highest BCUT2D eigenvalue weighted by Gasteiger charge is 2.04. The molecule has 0 bridgehead atoms. The molecule has 0 radical (unpaired) electrons. The predicted octanol–water partition coefficient (Wildman–Crippen LogP) is 1.88. The molecule has 0 fully saturated rings. The fraction of sp³-hybridized carbons (Fsp3) is 0.316. The number of benzene rings is 1. The smallest absolute Gasteiger partial charge is 0.252 e. The summed E-state index contributed by atoms with van der Waals surface area (Å²) in [5, 5.41) is 9.29. The van der Waals surface area contributed by atoms with E-state index in [1.54, 1.807) is 24.5 Å². The average Bonchev–Trinajstić information content (AvgIpc) is 2.64. The van der Waals surface area contributed by atoms with Crippen molar-refractivity contribution in [1.82, 2.24) is 20.9 Å². The SMILES string of the molecule is CCNC(=NCc1ccccc1C)NCCNC(=O)c1cccnc1. The van der Waals surface area contributed by atoms with Gasteiger partial charge in [0.05, 0.1) is 12.1 Å². The molecule has 132 valence electrons. The zero-order valence-electron chi connectivity index (χ0n) is 14.7. The van der Waals surface area contributed by atoms with Crippen molar-refractivity contribution in [2.75, 3.05) is 19.6 Å². The van der Waals surface area contributed by atoms with E-state index < -0.39 is 0 Å². The van der Waals surface area contributed by atoms with Gasteiger partial charge in [0, 0.05) is 32.0 Å². The van der Waals surface area contributed by atoms with E-state index >= 15 is 0 Å². The summed E-state index contributed by atoms with van der Waals surface area (Å²) >= 11 is 0. The number of carbonyl (C=O) groups excluding carboxylic acids is 1. The molecule has 1 aromatic carbocycles. The van der Waals surface area contributed by atoms with Crippen LogP contribution in [0.15, 0.2) is 53.8 Å². The molecule has 1 heterocycles. The Hall–Kier alpha value is -2.89.